The van der Waals surface area contributed by atoms with Crippen LogP contribution < -0.4 is 0 Å². The van der Waals surface area contributed by atoms with Gasteiger partial charge in [-0.3, -0.25) is 9.78 Å². The number of aryl methyl sites for hydroxylation is 2. The van der Waals surface area contributed by atoms with Crippen LogP contribution in [0.2, 0.25) is 0 Å². The summed E-state index contributed by atoms with van der Waals surface area (Å²) in [7, 11) is 1.72. The molecular weight excluding hydrogens is 288 g/mol. The summed E-state index contributed by atoms with van der Waals surface area (Å²) in [5.41, 5.74) is 4.78. The van der Waals surface area contributed by atoms with Crippen molar-refractivity contribution < 1.29 is 9.53 Å². The van der Waals surface area contributed by atoms with Crippen LogP contribution in [0.25, 0.3) is 10.9 Å². The first-order chi connectivity index (χ1) is 11.0. The number of likely N-dealkylation sites (tertiary alicyclic amines) is 1. The number of aromatic nitrogens is 1. The van der Waals surface area contributed by atoms with Gasteiger partial charge in [0.2, 0.25) is 0 Å². The Morgan fingerprint density at radius 3 is 2.87 bits per heavy atom. The van der Waals surface area contributed by atoms with Crippen molar-refractivity contribution in [3.8, 4) is 0 Å². The van der Waals surface area contributed by atoms with Gasteiger partial charge in [-0.05, 0) is 44.9 Å². The minimum atomic E-state index is 0.127. The molecule has 4 nitrogen and oxygen atoms in total. The second-order valence-electron chi connectivity index (χ2n) is 6.58. The predicted octanol–water partition coefficient (Wildman–Crippen LogP) is 3.27. The van der Waals surface area contributed by atoms with Gasteiger partial charge in [0, 0.05) is 37.2 Å². The molecule has 4 heteroatoms. The number of rotatable bonds is 3. The molecule has 2 aromatic rings. The lowest BCUT2D eigenvalue weighted by atomic mass is 9.99. The molecular formula is C19H24N2O2. The van der Waals surface area contributed by atoms with Gasteiger partial charge in [0.15, 0.2) is 0 Å². The largest absolute Gasteiger partial charge is 0.384 e. The zero-order chi connectivity index (χ0) is 16.6. The molecule has 0 bridgehead atoms. The number of ether oxygens (including phenoxy) is 1. The quantitative estimate of drug-likeness (QED) is 0.873. The fourth-order valence-corrected chi connectivity index (χ4v) is 3.42. The fourth-order valence-electron chi connectivity index (χ4n) is 3.42. The molecule has 1 unspecified atom stereocenters. The van der Waals surface area contributed by atoms with Gasteiger partial charge in [0.1, 0.15) is 0 Å². The number of hydrogen-bond donors (Lipinski definition) is 0. The van der Waals surface area contributed by atoms with E-state index < -0.39 is 0 Å². The van der Waals surface area contributed by atoms with Crippen LogP contribution in [0.3, 0.4) is 0 Å². The number of hydrogen-bond acceptors (Lipinski definition) is 3. The van der Waals surface area contributed by atoms with E-state index >= 15 is 0 Å². The number of methoxy groups -OCH3 is 1. The molecule has 3 rings (SSSR count). The summed E-state index contributed by atoms with van der Waals surface area (Å²) in [5, 5.41) is 0.966. The Kier molecular flexibility index (Phi) is 4.35. The summed E-state index contributed by atoms with van der Waals surface area (Å²) in [5.74, 6) is 0.572. The van der Waals surface area contributed by atoms with Gasteiger partial charge in [-0.15, -0.1) is 0 Å². The lowest BCUT2D eigenvalue weighted by molar-refractivity contribution is 0.0776. The minimum absolute atomic E-state index is 0.127. The maximum Gasteiger partial charge on any atom is 0.254 e. The molecule has 1 aromatic heterocycles. The van der Waals surface area contributed by atoms with E-state index in [1.54, 1.807) is 7.11 Å². The normalized spacial score (nSPS) is 17.9. The number of nitrogens with zero attached hydrogens (tertiary/aromatic N) is 2. The number of amides is 1. The molecule has 2 heterocycles. The first kappa shape index (κ1) is 15.9. The minimum Gasteiger partial charge on any atom is -0.384 e. The van der Waals surface area contributed by atoms with Gasteiger partial charge in [-0.2, -0.15) is 0 Å². The van der Waals surface area contributed by atoms with E-state index in [1.165, 1.54) is 0 Å². The topological polar surface area (TPSA) is 42.4 Å². The molecule has 1 amide bonds. The summed E-state index contributed by atoms with van der Waals surface area (Å²) >= 11 is 0. The molecule has 1 saturated heterocycles. The van der Waals surface area contributed by atoms with Gasteiger partial charge in [0.05, 0.1) is 17.7 Å². The van der Waals surface area contributed by atoms with Gasteiger partial charge in [-0.25, -0.2) is 0 Å². The average molecular weight is 312 g/mol. The van der Waals surface area contributed by atoms with Crippen molar-refractivity contribution in [3.63, 3.8) is 0 Å². The summed E-state index contributed by atoms with van der Waals surface area (Å²) in [4.78, 5) is 19.8. The Balaban J connectivity index is 2.03. The molecule has 0 radical (unpaired) electrons. The van der Waals surface area contributed by atoms with Crippen LogP contribution in [0.15, 0.2) is 18.2 Å². The summed E-state index contributed by atoms with van der Waals surface area (Å²) in [6.45, 7) is 8.33. The maximum atomic E-state index is 13.2. The zero-order valence-electron chi connectivity index (χ0n) is 14.3. The Morgan fingerprint density at radius 1 is 1.35 bits per heavy atom. The average Bonchev–Trinajstić information content (AvgIpc) is 2.98. The number of carbonyl (C=O) groups is 1. The number of fused-ring (bicyclic) bond motifs is 1. The standard InChI is InChI=1S/C19H24N2O2/c1-12-5-6-17-16(9-12)18(13(2)14(3)20-17)19(22)21-8-7-15(10-21)11-23-4/h5-6,9,15H,7-8,10-11H2,1-4H3. The van der Waals surface area contributed by atoms with Gasteiger partial charge >= 0.3 is 0 Å². The Labute approximate surface area is 137 Å². The van der Waals surface area contributed by atoms with Crippen LogP contribution in [0.1, 0.15) is 33.6 Å². The third kappa shape index (κ3) is 2.95. The molecule has 0 spiro atoms. The molecule has 0 N–H and O–H groups in total. The highest BCUT2D eigenvalue weighted by Gasteiger charge is 2.29. The van der Waals surface area contributed by atoms with E-state index in [-0.39, 0.29) is 5.91 Å². The van der Waals surface area contributed by atoms with Crippen molar-refractivity contribution in [3.05, 3.63) is 40.6 Å². The van der Waals surface area contributed by atoms with Crippen LogP contribution in [-0.4, -0.2) is 42.6 Å². The molecule has 23 heavy (non-hydrogen) atoms. The maximum absolute atomic E-state index is 13.2. The van der Waals surface area contributed by atoms with Crippen LogP contribution in [0.4, 0.5) is 0 Å². The first-order valence-electron chi connectivity index (χ1n) is 8.17. The third-order valence-corrected chi connectivity index (χ3v) is 4.82. The van der Waals surface area contributed by atoms with Crippen molar-refractivity contribution in [1.82, 2.24) is 9.88 Å². The zero-order valence-corrected chi connectivity index (χ0v) is 14.3. The van der Waals surface area contributed by atoms with Gasteiger partial charge < -0.3 is 9.64 Å². The van der Waals surface area contributed by atoms with E-state index in [0.717, 1.165) is 59.4 Å². The Hall–Kier alpha value is -1.94. The highest BCUT2D eigenvalue weighted by Crippen LogP contribution is 2.27. The molecule has 122 valence electrons. The SMILES string of the molecule is COCC1CCN(C(=O)c2c(C)c(C)nc3ccc(C)cc23)C1. The second-order valence-corrected chi connectivity index (χ2v) is 6.58. The molecule has 1 aliphatic rings. The monoisotopic (exact) mass is 312 g/mol. The van der Waals surface area contributed by atoms with Crippen molar-refractivity contribution in [2.24, 2.45) is 5.92 Å². The molecule has 0 saturated carbocycles. The molecule has 1 fully saturated rings. The number of pyridine rings is 1. The highest BCUT2D eigenvalue weighted by molar-refractivity contribution is 6.07. The lowest BCUT2D eigenvalue weighted by Gasteiger charge is -2.20. The van der Waals surface area contributed by atoms with Crippen molar-refractivity contribution in [2.75, 3.05) is 26.8 Å². The Bertz CT molecular complexity index is 755. The fraction of sp³-hybridized carbons (Fsp3) is 0.474. The van der Waals surface area contributed by atoms with Crippen LogP contribution in [-0.2, 0) is 4.74 Å². The van der Waals surface area contributed by atoms with Crippen molar-refractivity contribution >= 4 is 16.8 Å². The number of benzene rings is 1. The van der Waals surface area contributed by atoms with E-state index in [4.69, 9.17) is 4.74 Å². The first-order valence-corrected chi connectivity index (χ1v) is 8.17. The van der Waals surface area contributed by atoms with Crippen LogP contribution in [0.5, 0.6) is 0 Å². The smallest absolute Gasteiger partial charge is 0.254 e. The summed E-state index contributed by atoms with van der Waals surface area (Å²) in [6, 6.07) is 6.12. The van der Waals surface area contributed by atoms with E-state index in [2.05, 4.69) is 11.1 Å². The highest BCUT2D eigenvalue weighted by atomic mass is 16.5. The molecule has 1 atom stereocenters. The van der Waals surface area contributed by atoms with E-state index in [9.17, 15) is 4.79 Å². The summed E-state index contributed by atoms with van der Waals surface area (Å²) in [6.07, 6.45) is 1.01. The van der Waals surface area contributed by atoms with Gasteiger partial charge in [0.25, 0.3) is 5.91 Å². The predicted molar refractivity (Wildman–Crippen MR) is 91.8 cm³/mol. The molecule has 1 aromatic carbocycles. The lowest BCUT2D eigenvalue weighted by Crippen LogP contribution is -2.30. The van der Waals surface area contributed by atoms with Crippen molar-refractivity contribution in [2.45, 2.75) is 27.2 Å². The van der Waals surface area contributed by atoms with E-state index in [1.807, 2.05) is 37.8 Å². The van der Waals surface area contributed by atoms with E-state index in [0.29, 0.717) is 5.92 Å². The Morgan fingerprint density at radius 2 is 2.13 bits per heavy atom. The molecule has 0 aliphatic carbocycles. The van der Waals surface area contributed by atoms with Crippen LogP contribution in [0, 0.1) is 26.7 Å². The van der Waals surface area contributed by atoms with Crippen molar-refractivity contribution in [1.29, 1.82) is 0 Å². The summed E-state index contributed by atoms with van der Waals surface area (Å²) < 4.78 is 5.24. The van der Waals surface area contributed by atoms with Crippen LogP contribution >= 0.6 is 0 Å². The second kappa shape index (κ2) is 6.28. The number of carbonyl (C=O) groups excluding carboxylic acids is 1. The third-order valence-electron chi connectivity index (χ3n) is 4.82. The van der Waals surface area contributed by atoms with Gasteiger partial charge in [-0.1, -0.05) is 11.6 Å². The molecule has 1 aliphatic heterocycles.